The predicted octanol–water partition coefficient (Wildman–Crippen LogP) is 5.24. The van der Waals surface area contributed by atoms with Crippen molar-refractivity contribution in [2.24, 2.45) is 0 Å². The summed E-state index contributed by atoms with van der Waals surface area (Å²) in [5.41, 5.74) is 2.54. The molecule has 0 aliphatic carbocycles. The van der Waals surface area contributed by atoms with Gasteiger partial charge in [0.15, 0.2) is 0 Å². The first-order chi connectivity index (χ1) is 10.1. The Labute approximate surface area is 135 Å². The molecule has 0 aliphatic heterocycles. The van der Waals surface area contributed by atoms with Crippen molar-refractivity contribution in [3.05, 3.63) is 28.8 Å². The summed E-state index contributed by atoms with van der Waals surface area (Å²) in [6.45, 7) is 11.9. The van der Waals surface area contributed by atoms with Gasteiger partial charge >= 0.3 is 0 Å². The Morgan fingerprint density at radius 3 is 2.24 bits per heavy atom. The molecule has 1 N–H and O–H groups in total. The number of benzene rings is 1. The van der Waals surface area contributed by atoms with E-state index in [1.54, 1.807) is 0 Å². The number of anilines is 1. The zero-order chi connectivity index (χ0) is 15.7. The van der Waals surface area contributed by atoms with Crippen LogP contribution in [0, 0.1) is 0 Å². The van der Waals surface area contributed by atoms with Crippen molar-refractivity contribution in [3.63, 3.8) is 0 Å². The summed E-state index contributed by atoms with van der Waals surface area (Å²) in [5.74, 6) is 0. The van der Waals surface area contributed by atoms with E-state index in [4.69, 9.17) is 11.6 Å². The third-order valence-electron chi connectivity index (χ3n) is 3.69. The number of rotatable bonds is 10. The van der Waals surface area contributed by atoms with Crippen molar-refractivity contribution in [2.45, 2.75) is 66.0 Å². The Morgan fingerprint density at radius 1 is 1.10 bits per heavy atom. The third kappa shape index (κ3) is 6.27. The van der Waals surface area contributed by atoms with Gasteiger partial charge in [0.25, 0.3) is 0 Å². The summed E-state index contributed by atoms with van der Waals surface area (Å²) in [6.07, 6.45) is 4.91. The van der Waals surface area contributed by atoms with Gasteiger partial charge in [-0.2, -0.15) is 0 Å². The molecule has 0 saturated carbocycles. The van der Waals surface area contributed by atoms with Crippen molar-refractivity contribution in [3.8, 4) is 0 Å². The van der Waals surface area contributed by atoms with Gasteiger partial charge in [-0.3, -0.25) is 0 Å². The molecule has 1 aromatic rings. The van der Waals surface area contributed by atoms with Crippen LogP contribution in [0.3, 0.4) is 0 Å². The minimum Gasteiger partial charge on any atom is -0.371 e. The normalized spacial score (nSPS) is 11.1. The van der Waals surface area contributed by atoms with Crippen molar-refractivity contribution in [2.75, 3.05) is 18.0 Å². The topological polar surface area (TPSA) is 15.3 Å². The molecule has 0 unspecified atom stereocenters. The van der Waals surface area contributed by atoms with Gasteiger partial charge in [-0.1, -0.05) is 58.2 Å². The quantitative estimate of drug-likeness (QED) is 0.635. The van der Waals surface area contributed by atoms with Gasteiger partial charge in [0.2, 0.25) is 0 Å². The Bertz CT molecular complexity index is 396. The number of nitrogens with one attached hydrogen (secondary N) is 1. The fourth-order valence-corrected chi connectivity index (χ4v) is 2.61. The summed E-state index contributed by atoms with van der Waals surface area (Å²) in [7, 11) is 0. The zero-order valence-corrected chi connectivity index (χ0v) is 14.8. The van der Waals surface area contributed by atoms with Gasteiger partial charge in [0.05, 0.1) is 0 Å². The molecule has 0 aliphatic rings. The van der Waals surface area contributed by atoms with Crippen LogP contribution in [0.1, 0.15) is 58.9 Å². The maximum absolute atomic E-state index is 6.46. The minimum atomic E-state index is 0.467. The van der Waals surface area contributed by atoms with Crippen LogP contribution in [0.4, 0.5) is 5.69 Å². The van der Waals surface area contributed by atoms with E-state index in [0.29, 0.717) is 6.04 Å². The predicted molar refractivity (Wildman–Crippen MR) is 95.5 cm³/mol. The third-order valence-corrected chi connectivity index (χ3v) is 4.04. The standard InChI is InChI=1S/C18H31ClN2/c1-5-7-12-21(13-8-6-2)18-11-9-10-17(19)16(18)14-20-15(3)4/h9-11,15,20H,5-8,12-14H2,1-4H3. The Hall–Kier alpha value is -0.730. The maximum atomic E-state index is 6.46. The molecule has 1 rings (SSSR count). The van der Waals surface area contributed by atoms with E-state index in [9.17, 15) is 0 Å². The molecule has 21 heavy (non-hydrogen) atoms. The first-order valence-electron chi connectivity index (χ1n) is 8.35. The lowest BCUT2D eigenvalue weighted by Crippen LogP contribution is -2.29. The highest BCUT2D eigenvalue weighted by atomic mass is 35.5. The molecule has 0 heterocycles. The number of nitrogens with zero attached hydrogens (tertiary/aromatic N) is 1. The molecule has 0 radical (unpaired) electrons. The van der Waals surface area contributed by atoms with Crippen LogP contribution in [0.5, 0.6) is 0 Å². The molecule has 2 nitrogen and oxygen atoms in total. The van der Waals surface area contributed by atoms with E-state index in [0.717, 1.165) is 24.7 Å². The van der Waals surface area contributed by atoms with Crippen LogP contribution in [0.2, 0.25) is 5.02 Å². The molecule has 0 aromatic heterocycles. The van der Waals surface area contributed by atoms with Gasteiger partial charge in [-0.05, 0) is 25.0 Å². The summed E-state index contributed by atoms with van der Waals surface area (Å²) in [4.78, 5) is 2.51. The van der Waals surface area contributed by atoms with E-state index in [1.807, 2.05) is 6.07 Å². The van der Waals surface area contributed by atoms with E-state index in [2.05, 4.69) is 50.0 Å². The molecular formula is C18H31ClN2. The minimum absolute atomic E-state index is 0.467. The van der Waals surface area contributed by atoms with Gasteiger partial charge in [0, 0.05) is 41.9 Å². The van der Waals surface area contributed by atoms with Crippen LogP contribution >= 0.6 is 11.6 Å². The van der Waals surface area contributed by atoms with Gasteiger partial charge < -0.3 is 10.2 Å². The van der Waals surface area contributed by atoms with E-state index in [1.165, 1.54) is 36.9 Å². The van der Waals surface area contributed by atoms with Crippen LogP contribution in [0.25, 0.3) is 0 Å². The van der Waals surface area contributed by atoms with E-state index < -0.39 is 0 Å². The Morgan fingerprint density at radius 2 is 1.71 bits per heavy atom. The Kier molecular flexibility index (Phi) is 8.79. The Balaban J connectivity index is 2.95. The van der Waals surface area contributed by atoms with Crippen LogP contribution < -0.4 is 10.2 Å². The highest BCUT2D eigenvalue weighted by molar-refractivity contribution is 6.31. The maximum Gasteiger partial charge on any atom is 0.0471 e. The van der Waals surface area contributed by atoms with Gasteiger partial charge in [-0.15, -0.1) is 0 Å². The highest BCUT2D eigenvalue weighted by Gasteiger charge is 2.13. The van der Waals surface area contributed by atoms with Crippen LogP contribution in [-0.2, 0) is 6.54 Å². The summed E-state index contributed by atoms with van der Waals surface area (Å²) in [6, 6.07) is 6.75. The van der Waals surface area contributed by atoms with Gasteiger partial charge in [-0.25, -0.2) is 0 Å². The first-order valence-corrected chi connectivity index (χ1v) is 8.73. The lowest BCUT2D eigenvalue weighted by Gasteiger charge is -2.28. The molecular weight excluding hydrogens is 280 g/mol. The second kappa shape index (κ2) is 10.1. The average Bonchev–Trinajstić information content (AvgIpc) is 2.46. The molecule has 0 saturated heterocycles. The molecule has 0 fully saturated rings. The smallest absolute Gasteiger partial charge is 0.0471 e. The van der Waals surface area contributed by atoms with Crippen LogP contribution in [-0.4, -0.2) is 19.1 Å². The first kappa shape index (κ1) is 18.3. The number of unbranched alkanes of at least 4 members (excludes halogenated alkanes) is 2. The van der Waals surface area contributed by atoms with Crippen LogP contribution in [0.15, 0.2) is 18.2 Å². The number of halogens is 1. The van der Waals surface area contributed by atoms with Crippen molar-refractivity contribution in [1.29, 1.82) is 0 Å². The fourth-order valence-electron chi connectivity index (χ4n) is 2.38. The summed E-state index contributed by atoms with van der Waals surface area (Å²) >= 11 is 6.46. The summed E-state index contributed by atoms with van der Waals surface area (Å²) in [5, 5.41) is 4.37. The van der Waals surface area contributed by atoms with E-state index >= 15 is 0 Å². The summed E-state index contributed by atoms with van der Waals surface area (Å²) < 4.78 is 0. The lowest BCUT2D eigenvalue weighted by atomic mass is 10.1. The van der Waals surface area contributed by atoms with Gasteiger partial charge in [0.1, 0.15) is 0 Å². The molecule has 0 atom stereocenters. The molecule has 120 valence electrons. The second-order valence-electron chi connectivity index (χ2n) is 5.97. The molecule has 0 amide bonds. The second-order valence-corrected chi connectivity index (χ2v) is 6.37. The number of hydrogen-bond acceptors (Lipinski definition) is 2. The molecule has 1 aromatic carbocycles. The lowest BCUT2D eigenvalue weighted by molar-refractivity contribution is 0.586. The average molecular weight is 311 g/mol. The molecule has 0 bridgehead atoms. The largest absolute Gasteiger partial charge is 0.371 e. The highest BCUT2D eigenvalue weighted by Crippen LogP contribution is 2.28. The monoisotopic (exact) mass is 310 g/mol. The van der Waals surface area contributed by atoms with Crippen molar-refractivity contribution >= 4 is 17.3 Å². The molecule has 3 heteroatoms. The van der Waals surface area contributed by atoms with Crippen molar-refractivity contribution in [1.82, 2.24) is 5.32 Å². The van der Waals surface area contributed by atoms with Crippen molar-refractivity contribution < 1.29 is 0 Å². The van der Waals surface area contributed by atoms with E-state index in [-0.39, 0.29) is 0 Å². The molecule has 0 spiro atoms. The zero-order valence-electron chi connectivity index (χ0n) is 14.1. The number of hydrogen-bond donors (Lipinski definition) is 1. The fraction of sp³-hybridized carbons (Fsp3) is 0.667. The SMILES string of the molecule is CCCCN(CCCC)c1cccc(Cl)c1CNC(C)C.